The van der Waals surface area contributed by atoms with Crippen LogP contribution in [0.4, 0.5) is 11.4 Å². The van der Waals surface area contributed by atoms with Crippen molar-refractivity contribution < 1.29 is 29.0 Å². The lowest BCUT2D eigenvalue weighted by Gasteiger charge is -2.37. The van der Waals surface area contributed by atoms with E-state index < -0.39 is 35.6 Å². The molecule has 3 unspecified atom stereocenters. The molecule has 0 radical (unpaired) electrons. The first-order valence-corrected chi connectivity index (χ1v) is 13.9. The fourth-order valence-electron chi connectivity index (χ4n) is 6.30. The number of likely N-dealkylation sites (tertiary alicyclic amines) is 1. The van der Waals surface area contributed by atoms with E-state index in [0.29, 0.717) is 12.1 Å². The van der Waals surface area contributed by atoms with Gasteiger partial charge in [-0.1, -0.05) is 22.0 Å². The molecule has 1 aromatic carbocycles. The Morgan fingerprint density at radius 1 is 1.24 bits per heavy atom. The van der Waals surface area contributed by atoms with Crippen LogP contribution in [0.5, 0.6) is 0 Å². The molecule has 2 amide bonds. The molecule has 1 N–H and O–H groups in total. The molecule has 3 heterocycles. The standard InChI is InChI=1S/C27H36BrN3O6/c1-5-13-30(18-11-9-17(10-12-18)29(6-2)7-3)25(34)23-27-16-19(28)22(37-27)20(26(35)36-8-4)21(27)24(33)31(23)14-15-32/h5,9-12,19-23,32H,1,6-8,13-16H2,2-4H3/t19?,20-,21-,22-,23?,27?/m0/s1. The zero-order valence-electron chi connectivity index (χ0n) is 21.6. The number of aliphatic hydroxyl groups is 1. The number of nitrogens with zero attached hydrogens (tertiary/aromatic N) is 3. The van der Waals surface area contributed by atoms with E-state index in [1.54, 1.807) is 17.9 Å². The van der Waals surface area contributed by atoms with E-state index in [4.69, 9.17) is 9.47 Å². The third-order valence-corrected chi connectivity index (χ3v) is 8.64. The van der Waals surface area contributed by atoms with Crippen LogP contribution in [0, 0.1) is 11.8 Å². The Morgan fingerprint density at radius 3 is 2.46 bits per heavy atom. The lowest BCUT2D eigenvalue weighted by Crippen LogP contribution is -2.57. The Kier molecular flexibility index (Phi) is 8.30. The second-order valence-electron chi connectivity index (χ2n) is 9.60. The number of carbonyl (C=O) groups excluding carboxylic acids is 3. The number of anilines is 2. The van der Waals surface area contributed by atoms with E-state index in [-0.39, 0.29) is 42.9 Å². The Balaban J connectivity index is 1.73. The highest BCUT2D eigenvalue weighted by atomic mass is 79.9. The van der Waals surface area contributed by atoms with Gasteiger partial charge in [-0.15, -0.1) is 6.58 Å². The van der Waals surface area contributed by atoms with E-state index in [2.05, 4.69) is 41.3 Å². The van der Waals surface area contributed by atoms with E-state index in [1.807, 2.05) is 24.3 Å². The van der Waals surface area contributed by atoms with Crippen molar-refractivity contribution in [1.82, 2.24) is 4.90 Å². The van der Waals surface area contributed by atoms with Crippen LogP contribution in [0.1, 0.15) is 27.2 Å². The predicted octanol–water partition coefficient (Wildman–Crippen LogP) is 2.36. The molecule has 3 fully saturated rings. The van der Waals surface area contributed by atoms with Crippen LogP contribution < -0.4 is 9.80 Å². The number of carbonyl (C=O) groups is 3. The van der Waals surface area contributed by atoms with Crippen LogP contribution in [0.3, 0.4) is 0 Å². The van der Waals surface area contributed by atoms with Gasteiger partial charge in [0.05, 0.1) is 31.2 Å². The van der Waals surface area contributed by atoms with Crippen molar-refractivity contribution in [1.29, 1.82) is 0 Å². The number of esters is 1. The van der Waals surface area contributed by atoms with Gasteiger partial charge in [-0.25, -0.2) is 0 Å². The topological polar surface area (TPSA) is 99.6 Å². The van der Waals surface area contributed by atoms with Gasteiger partial charge in [0, 0.05) is 42.4 Å². The average Bonchev–Trinajstić information content (AvgIpc) is 3.47. The molecule has 3 saturated heterocycles. The third kappa shape index (κ3) is 4.46. The van der Waals surface area contributed by atoms with Crippen molar-refractivity contribution in [2.24, 2.45) is 11.8 Å². The van der Waals surface area contributed by atoms with Crippen molar-refractivity contribution >= 4 is 45.1 Å². The zero-order valence-corrected chi connectivity index (χ0v) is 23.2. The largest absolute Gasteiger partial charge is 0.466 e. The summed E-state index contributed by atoms with van der Waals surface area (Å²) in [6.07, 6.45) is 1.46. The van der Waals surface area contributed by atoms with Gasteiger partial charge in [0.1, 0.15) is 11.6 Å². The number of alkyl halides is 1. The SMILES string of the molecule is C=CCN(C(=O)C1N(CCO)C(=O)[C@@H]2[C@H](C(=O)OCC)[C@H]3OC12CC3Br)c1ccc(N(CC)CC)cc1. The molecule has 202 valence electrons. The molecule has 6 atom stereocenters. The number of rotatable bonds is 11. The van der Waals surface area contributed by atoms with Crippen molar-refractivity contribution in [3.63, 3.8) is 0 Å². The molecule has 0 aliphatic carbocycles. The minimum absolute atomic E-state index is 0.0349. The van der Waals surface area contributed by atoms with Crippen LogP contribution in [-0.4, -0.2) is 89.8 Å². The number of β-amino-alcohol motifs (C(OH)–C–C–N with tert-alkyl or cyclic N) is 1. The minimum Gasteiger partial charge on any atom is -0.466 e. The summed E-state index contributed by atoms with van der Waals surface area (Å²) in [5.74, 6) is -2.84. The van der Waals surface area contributed by atoms with Gasteiger partial charge in [0.2, 0.25) is 5.91 Å². The van der Waals surface area contributed by atoms with Crippen molar-refractivity contribution in [2.75, 3.05) is 49.2 Å². The maximum absolute atomic E-state index is 14.3. The van der Waals surface area contributed by atoms with Gasteiger partial charge in [0.25, 0.3) is 5.91 Å². The van der Waals surface area contributed by atoms with Gasteiger partial charge in [0.15, 0.2) is 0 Å². The number of ether oxygens (including phenoxy) is 2. The smallest absolute Gasteiger partial charge is 0.312 e. The summed E-state index contributed by atoms with van der Waals surface area (Å²) in [7, 11) is 0. The highest BCUT2D eigenvalue weighted by Gasteiger charge is 2.77. The Bertz CT molecular complexity index is 1030. The first kappa shape index (κ1) is 27.6. The maximum Gasteiger partial charge on any atom is 0.312 e. The van der Waals surface area contributed by atoms with Crippen molar-refractivity contribution in [3.8, 4) is 0 Å². The summed E-state index contributed by atoms with van der Waals surface area (Å²) in [6.45, 7) is 11.5. The molecule has 0 aromatic heterocycles. The van der Waals surface area contributed by atoms with Gasteiger partial charge in [-0.2, -0.15) is 0 Å². The fraction of sp³-hybridized carbons (Fsp3) is 0.593. The van der Waals surface area contributed by atoms with E-state index in [0.717, 1.165) is 18.8 Å². The molecular formula is C27H36BrN3O6. The Hall–Kier alpha value is -2.43. The lowest BCUT2D eigenvalue weighted by molar-refractivity contribution is -0.154. The molecule has 2 bridgehead atoms. The van der Waals surface area contributed by atoms with E-state index >= 15 is 0 Å². The highest BCUT2D eigenvalue weighted by molar-refractivity contribution is 9.09. The van der Waals surface area contributed by atoms with Crippen LogP contribution in [0.25, 0.3) is 0 Å². The first-order chi connectivity index (χ1) is 17.8. The second kappa shape index (κ2) is 11.1. The minimum atomic E-state index is -1.19. The third-order valence-electron chi connectivity index (χ3n) is 7.79. The number of aliphatic hydroxyl groups excluding tert-OH is 1. The van der Waals surface area contributed by atoms with Crippen LogP contribution in [0.2, 0.25) is 0 Å². The predicted molar refractivity (Wildman–Crippen MR) is 144 cm³/mol. The second-order valence-corrected chi connectivity index (χ2v) is 10.8. The molecular weight excluding hydrogens is 542 g/mol. The molecule has 37 heavy (non-hydrogen) atoms. The first-order valence-electron chi connectivity index (χ1n) is 13.0. The van der Waals surface area contributed by atoms with E-state index in [1.165, 1.54) is 4.90 Å². The number of amides is 2. The van der Waals surface area contributed by atoms with Gasteiger partial charge < -0.3 is 29.3 Å². The molecule has 10 heteroatoms. The summed E-state index contributed by atoms with van der Waals surface area (Å²) in [5, 5.41) is 9.79. The molecule has 4 rings (SSSR count). The number of fused-ring (bicyclic) bond motifs is 1. The van der Waals surface area contributed by atoms with Crippen LogP contribution in [0.15, 0.2) is 36.9 Å². The van der Waals surface area contributed by atoms with Crippen molar-refractivity contribution in [3.05, 3.63) is 36.9 Å². The number of benzene rings is 1. The molecule has 1 spiro atoms. The summed E-state index contributed by atoms with van der Waals surface area (Å²) in [4.78, 5) is 46.0. The molecule has 0 saturated carbocycles. The normalized spacial score (nSPS) is 29.8. The van der Waals surface area contributed by atoms with Crippen LogP contribution in [-0.2, 0) is 23.9 Å². The summed E-state index contributed by atoms with van der Waals surface area (Å²) >= 11 is 3.63. The van der Waals surface area contributed by atoms with Gasteiger partial charge in [-0.3, -0.25) is 14.4 Å². The van der Waals surface area contributed by atoms with Crippen molar-refractivity contribution in [2.45, 2.75) is 49.8 Å². The van der Waals surface area contributed by atoms with Gasteiger partial charge in [-0.05, 0) is 51.5 Å². The summed E-state index contributed by atoms with van der Waals surface area (Å²) < 4.78 is 11.7. The Morgan fingerprint density at radius 2 is 1.89 bits per heavy atom. The molecule has 9 nitrogen and oxygen atoms in total. The number of hydrogen-bond donors (Lipinski definition) is 1. The van der Waals surface area contributed by atoms with Gasteiger partial charge >= 0.3 is 5.97 Å². The number of hydrogen-bond acceptors (Lipinski definition) is 7. The summed E-state index contributed by atoms with van der Waals surface area (Å²) in [5.41, 5.74) is 0.524. The van der Waals surface area contributed by atoms with E-state index in [9.17, 15) is 19.5 Å². The fourth-order valence-corrected chi connectivity index (χ4v) is 7.24. The lowest BCUT2D eigenvalue weighted by atomic mass is 9.70. The summed E-state index contributed by atoms with van der Waals surface area (Å²) in [6, 6.07) is 6.73. The molecule has 3 aliphatic heterocycles. The average molecular weight is 579 g/mol. The molecule has 3 aliphatic rings. The van der Waals surface area contributed by atoms with Crippen LogP contribution >= 0.6 is 15.9 Å². The monoisotopic (exact) mass is 577 g/mol. The quantitative estimate of drug-likeness (QED) is 0.245. The number of halogens is 1. The molecule has 1 aromatic rings. The zero-order chi connectivity index (χ0) is 26.9. The highest BCUT2D eigenvalue weighted by Crippen LogP contribution is 2.60. The Labute approximate surface area is 226 Å². The maximum atomic E-state index is 14.3.